The summed E-state index contributed by atoms with van der Waals surface area (Å²) in [6.45, 7) is 6.65. The molecule has 0 unspecified atom stereocenters. The van der Waals surface area contributed by atoms with Gasteiger partial charge in [-0.25, -0.2) is 4.79 Å². The Balaban J connectivity index is 3.00. The highest BCUT2D eigenvalue weighted by molar-refractivity contribution is 9.09. The van der Waals surface area contributed by atoms with E-state index in [2.05, 4.69) is 20.7 Å². The molecule has 0 aromatic carbocycles. The predicted molar refractivity (Wildman–Crippen MR) is 102 cm³/mol. The van der Waals surface area contributed by atoms with Crippen LogP contribution >= 0.6 is 15.9 Å². The van der Waals surface area contributed by atoms with E-state index < -0.39 is 5.97 Å². The molecule has 0 amide bonds. The number of ether oxygens (including phenoxy) is 8. The number of hydrogen-bond donors (Lipinski definition) is 0. The Morgan fingerprint density at radius 2 is 0.852 bits per heavy atom. The summed E-state index contributed by atoms with van der Waals surface area (Å²) in [5, 5.41) is 0.837. The highest BCUT2D eigenvalue weighted by atomic mass is 79.9. The molecule has 0 radical (unpaired) electrons. The molecule has 9 nitrogen and oxygen atoms in total. The van der Waals surface area contributed by atoms with E-state index in [0.717, 1.165) is 5.33 Å². The van der Waals surface area contributed by atoms with Gasteiger partial charge in [0.2, 0.25) is 0 Å². The molecule has 0 saturated carbocycles. The molecule has 0 N–H and O–H groups in total. The van der Waals surface area contributed by atoms with Crippen molar-refractivity contribution in [3.8, 4) is 0 Å². The van der Waals surface area contributed by atoms with Crippen molar-refractivity contribution in [2.45, 2.75) is 0 Å². The van der Waals surface area contributed by atoms with Crippen LogP contribution in [0.2, 0.25) is 0 Å². The molecule has 0 saturated heterocycles. The second kappa shape index (κ2) is 23.7. The van der Waals surface area contributed by atoms with Crippen molar-refractivity contribution in [3.05, 3.63) is 0 Å². The van der Waals surface area contributed by atoms with Gasteiger partial charge in [0.1, 0.15) is 6.61 Å². The quantitative estimate of drug-likeness (QED) is 0.131. The van der Waals surface area contributed by atoms with Crippen molar-refractivity contribution in [2.24, 2.45) is 0 Å². The van der Waals surface area contributed by atoms with Crippen molar-refractivity contribution in [1.29, 1.82) is 0 Å². The monoisotopic (exact) mass is 460 g/mol. The fraction of sp³-hybridized carbons (Fsp3) is 0.941. The largest absolute Gasteiger partial charge is 0.467 e. The number of methoxy groups -OCH3 is 1. The van der Waals surface area contributed by atoms with Crippen molar-refractivity contribution in [2.75, 3.05) is 105 Å². The minimum atomic E-state index is -0.399. The minimum absolute atomic E-state index is 0.0585. The molecule has 0 aromatic heterocycles. The van der Waals surface area contributed by atoms with Crippen LogP contribution in [0, 0.1) is 0 Å². The zero-order valence-electron chi connectivity index (χ0n) is 16.2. The maximum atomic E-state index is 10.8. The van der Waals surface area contributed by atoms with E-state index >= 15 is 0 Å². The lowest BCUT2D eigenvalue weighted by Crippen LogP contribution is -2.15. The van der Waals surface area contributed by atoms with E-state index in [1.54, 1.807) is 0 Å². The zero-order valence-corrected chi connectivity index (χ0v) is 17.7. The van der Waals surface area contributed by atoms with Crippen LogP contribution in [0.3, 0.4) is 0 Å². The molecule has 0 fully saturated rings. The SMILES string of the molecule is COC(=O)COCCOCCOCCOCCOCCOCCOCCBr. The van der Waals surface area contributed by atoms with Gasteiger partial charge in [-0.15, -0.1) is 0 Å². The van der Waals surface area contributed by atoms with Gasteiger partial charge in [-0.2, -0.15) is 0 Å². The van der Waals surface area contributed by atoms with Crippen molar-refractivity contribution in [3.63, 3.8) is 0 Å². The normalized spacial score (nSPS) is 11.0. The first-order valence-corrected chi connectivity index (χ1v) is 10.1. The Morgan fingerprint density at radius 3 is 1.15 bits per heavy atom. The van der Waals surface area contributed by atoms with Crippen LogP contribution in [0.1, 0.15) is 0 Å². The van der Waals surface area contributed by atoms with Gasteiger partial charge in [-0.3, -0.25) is 0 Å². The second-order valence-electron chi connectivity index (χ2n) is 4.99. The summed E-state index contributed by atoms with van der Waals surface area (Å²) in [6.07, 6.45) is 0. The number of carbonyl (C=O) groups is 1. The van der Waals surface area contributed by atoms with Crippen molar-refractivity contribution >= 4 is 21.9 Å². The number of hydrogen-bond acceptors (Lipinski definition) is 9. The van der Waals surface area contributed by atoms with Crippen LogP contribution in [0.25, 0.3) is 0 Å². The Labute approximate surface area is 170 Å². The molecule has 0 rings (SSSR count). The van der Waals surface area contributed by atoms with Crippen LogP contribution < -0.4 is 0 Å². The van der Waals surface area contributed by atoms with E-state index in [4.69, 9.17) is 33.2 Å². The molecular weight excluding hydrogens is 428 g/mol. The standard InChI is InChI=1S/C17H33BrO9/c1-20-17(19)16-27-15-14-26-13-12-25-11-10-24-9-8-23-7-6-22-5-4-21-3-2-18/h2-16H2,1H3. The van der Waals surface area contributed by atoms with Gasteiger partial charge in [0.25, 0.3) is 0 Å². The Kier molecular flexibility index (Phi) is 23.4. The molecular formula is C17H33BrO9. The Bertz CT molecular complexity index is 308. The van der Waals surface area contributed by atoms with Crippen LogP contribution in [-0.4, -0.2) is 111 Å². The number of esters is 1. The maximum absolute atomic E-state index is 10.8. The van der Waals surface area contributed by atoms with E-state index in [1.165, 1.54) is 7.11 Å². The van der Waals surface area contributed by atoms with E-state index in [9.17, 15) is 4.79 Å². The third-order valence-electron chi connectivity index (χ3n) is 2.90. The average molecular weight is 461 g/mol. The highest BCUT2D eigenvalue weighted by Gasteiger charge is 1.99. The lowest BCUT2D eigenvalue weighted by Gasteiger charge is -2.08. The summed E-state index contributed by atoms with van der Waals surface area (Å²) in [5.41, 5.74) is 0. The van der Waals surface area contributed by atoms with Crippen LogP contribution in [0.15, 0.2) is 0 Å². The van der Waals surface area contributed by atoms with Crippen molar-refractivity contribution < 1.29 is 42.7 Å². The van der Waals surface area contributed by atoms with Gasteiger partial charge >= 0.3 is 5.97 Å². The molecule has 0 bridgehead atoms. The van der Waals surface area contributed by atoms with E-state index in [0.29, 0.717) is 85.9 Å². The van der Waals surface area contributed by atoms with Gasteiger partial charge in [0.05, 0.1) is 93.0 Å². The lowest BCUT2D eigenvalue weighted by molar-refractivity contribution is -0.146. The molecule has 0 atom stereocenters. The fourth-order valence-corrected chi connectivity index (χ4v) is 1.82. The van der Waals surface area contributed by atoms with Crippen LogP contribution in [0.4, 0.5) is 0 Å². The molecule has 27 heavy (non-hydrogen) atoms. The molecule has 0 aliphatic rings. The minimum Gasteiger partial charge on any atom is -0.467 e. The third kappa shape index (κ3) is 23.6. The molecule has 10 heteroatoms. The summed E-state index contributed by atoms with van der Waals surface area (Å²) >= 11 is 3.28. The van der Waals surface area contributed by atoms with Crippen LogP contribution in [0.5, 0.6) is 0 Å². The van der Waals surface area contributed by atoms with Gasteiger partial charge in [-0.1, -0.05) is 15.9 Å². The first kappa shape index (κ1) is 26.7. The molecule has 162 valence electrons. The van der Waals surface area contributed by atoms with Crippen LogP contribution in [-0.2, 0) is 42.7 Å². The molecule has 0 aliphatic carbocycles. The number of rotatable bonds is 22. The summed E-state index contributed by atoms with van der Waals surface area (Å²) in [7, 11) is 1.32. The smallest absolute Gasteiger partial charge is 0.331 e. The topological polar surface area (TPSA) is 90.9 Å². The summed E-state index contributed by atoms with van der Waals surface area (Å²) in [6, 6.07) is 0. The Hall–Kier alpha value is -0.330. The number of halogens is 1. The summed E-state index contributed by atoms with van der Waals surface area (Å²) in [4.78, 5) is 10.8. The van der Waals surface area contributed by atoms with Gasteiger partial charge in [-0.05, 0) is 0 Å². The molecule has 0 aromatic rings. The average Bonchev–Trinajstić information content (AvgIpc) is 2.68. The van der Waals surface area contributed by atoms with Gasteiger partial charge in [0.15, 0.2) is 0 Å². The summed E-state index contributed by atoms with van der Waals surface area (Å²) < 4.78 is 41.5. The van der Waals surface area contributed by atoms with Crippen molar-refractivity contribution in [1.82, 2.24) is 0 Å². The highest BCUT2D eigenvalue weighted by Crippen LogP contribution is 1.86. The molecule has 0 spiro atoms. The van der Waals surface area contributed by atoms with Gasteiger partial charge in [0, 0.05) is 5.33 Å². The Morgan fingerprint density at radius 1 is 0.556 bits per heavy atom. The van der Waals surface area contributed by atoms with Gasteiger partial charge < -0.3 is 37.9 Å². The van der Waals surface area contributed by atoms with E-state index in [1.807, 2.05) is 0 Å². The lowest BCUT2D eigenvalue weighted by atomic mass is 10.6. The number of carbonyl (C=O) groups excluding carboxylic acids is 1. The number of alkyl halides is 1. The maximum Gasteiger partial charge on any atom is 0.331 e. The molecule has 0 aliphatic heterocycles. The second-order valence-corrected chi connectivity index (χ2v) is 5.78. The zero-order chi connectivity index (χ0) is 19.8. The predicted octanol–water partition coefficient (Wildman–Crippen LogP) is 0.671. The first-order valence-electron chi connectivity index (χ1n) is 8.98. The fourth-order valence-electron chi connectivity index (χ4n) is 1.59. The first-order chi connectivity index (χ1) is 13.3. The summed E-state index contributed by atoms with van der Waals surface area (Å²) in [5.74, 6) is -0.399. The third-order valence-corrected chi connectivity index (χ3v) is 3.22. The van der Waals surface area contributed by atoms with E-state index in [-0.39, 0.29) is 6.61 Å². The molecule has 0 heterocycles.